The van der Waals surface area contributed by atoms with Crippen LogP contribution >= 0.6 is 0 Å². The Morgan fingerprint density at radius 3 is 2.50 bits per heavy atom. The van der Waals surface area contributed by atoms with E-state index in [0.717, 1.165) is 4.31 Å². The van der Waals surface area contributed by atoms with Crippen LogP contribution in [0, 0.1) is 12.7 Å². The molecule has 0 aliphatic rings. The first-order valence-electron chi connectivity index (χ1n) is 6.24. The van der Waals surface area contributed by atoms with Crippen LogP contribution in [0.4, 0.5) is 10.1 Å². The number of esters is 1. The summed E-state index contributed by atoms with van der Waals surface area (Å²) in [7, 11) is -3.65. The molecule has 0 aliphatic carbocycles. The number of ether oxygens (including phenoxy) is 1. The van der Waals surface area contributed by atoms with Crippen molar-refractivity contribution in [2.45, 2.75) is 20.8 Å². The Bertz CT molecular complexity index is 586. The molecule has 0 radical (unpaired) electrons. The van der Waals surface area contributed by atoms with E-state index in [1.807, 2.05) is 0 Å². The molecule has 0 heterocycles. The molecule has 0 atom stereocenters. The van der Waals surface area contributed by atoms with Gasteiger partial charge in [-0.3, -0.25) is 9.10 Å². The molecule has 112 valence electrons. The molecule has 0 saturated heterocycles. The van der Waals surface area contributed by atoms with Gasteiger partial charge in [0.25, 0.3) is 0 Å². The lowest BCUT2D eigenvalue weighted by Crippen LogP contribution is -2.37. The fourth-order valence-corrected chi connectivity index (χ4v) is 2.66. The highest BCUT2D eigenvalue weighted by molar-refractivity contribution is 7.92. The summed E-state index contributed by atoms with van der Waals surface area (Å²) in [5.41, 5.74) is 0.557. The minimum Gasteiger partial charge on any atom is -0.465 e. The van der Waals surface area contributed by atoms with Crippen molar-refractivity contribution in [2.75, 3.05) is 23.2 Å². The van der Waals surface area contributed by atoms with Crippen molar-refractivity contribution in [1.82, 2.24) is 0 Å². The number of halogens is 1. The van der Waals surface area contributed by atoms with Crippen molar-refractivity contribution in [1.29, 1.82) is 0 Å². The van der Waals surface area contributed by atoms with Gasteiger partial charge < -0.3 is 4.74 Å². The summed E-state index contributed by atoms with van der Waals surface area (Å²) < 4.78 is 43.1. The number of nitrogens with zero attached hydrogens (tertiary/aromatic N) is 1. The summed E-state index contributed by atoms with van der Waals surface area (Å²) >= 11 is 0. The molecule has 5 nitrogen and oxygen atoms in total. The molecule has 0 spiro atoms. The average Bonchev–Trinajstić information content (AvgIpc) is 2.39. The molecular weight excluding hydrogens is 285 g/mol. The van der Waals surface area contributed by atoms with Gasteiger partial charge in [-0.25, -0.2) is 12.8 Å². The van der Waals surface area contributed by atoms with Crippen LogP contribution in [0.3, 0.4) is 0 Å². The van der Waals surface area contributed by atoms with Gasteiger partial charge in [0.05, 0.1) is 18.0 Å². The number of rotatable bonds is 6. The number of hydrogen-bond donors (Lipinski definition) is 0. The molecule has 0 bridgehead atoms. The largest absolute Gasteiger partial charge is 0.465 e. The van der Waals surface area contributed by atoms with Gasteiger partial charge in [0.15, 0.2) is 0 Å². The van der Waals surface area contributed by atoms with Crippen molar-refractivity contribution < 1.29 is 22.3 Å². The smallest absolute Gasteiger partial charge is 0.326 e. The number of carbonyl (C=O) groups excluding carboxylic acids is 1. The second-order valence-corrected chi connectivity index (χ2v) is 6.33. The molecule has 1 aromatic carbocycles. The lowest BCUT2D eigenvalue weighted by molar-refractivity contribution is -0.141. The van der Waals surface area contributed by atoms with E-state index in [-0.39, 0.29) is 18.0 Å². The fourth-order valence-electron chi connectivity index (χ4n) is 1.61. The van der Waals surface area contributed by atoms with Crippen LogP contribution in [0.5, 0.6) is 0 Å². The first-order valence-corrected chi connectivity index (χ1v) is 7.85. The van der Waals surface area contributed by atoms with Gasteiger partial charge in [-0.05, 0) is 44.5 Å². The van der Waals surface area contributed by atoms with Gasteiger partial charge in [0, 0.05) is 0 Å². The molecule has 0 aromatic heterocycles. The predicted octanol–water partition coefficient (Wildman–Crippen LogP) is 1.85. The van der Waals surface area contributed by atoms with E-state index in [0.29, 0.717) is 5.56 Å². The summed E-state index contributed by atoms with van der Waals surface area (Å²) in [6.07, 6.45) is 0. The number of sulfonamides is 1. The van der Waals surface area contributed by atoms with Gasteiger partial charge in [-0.15, -0.1) is 0 Å². The summed E-state index contributed by atoms with van der Waals surface area (Å²) in [5, 5.41) is 0. The molecule has 0 fully saturated rings. The first-order chi connectivity index (χ1) is 9.31. The quantitative estimate of drug-likeness (QED) is 0.752. The third kappa shape index (κ3) is 3.93. The maximum absolute atomic E-state index is 13.3. The number of carbonyl (C=O) groups is 1. The number of hydrogen-bond acceptors (Lipinski definition) is 4. The van der Waals surface area contributed by atoms with Crippen LogP contribution in [0.1, 0.15) is 19.4 Å². The molecule has 0 saturated carbocycles. The molecular formula is C13H18FNO4S. The van der Waals surface area contributed by atoms with Gasteiger partial charge in [-0.1, -0.05) is 0 Å². The lowest BCUT2D eigenvalue weighted by atomic mass is 10.2. The molecule has 0 unspecified atom stereocenters. The second-order valence-electron chi connectivity index (χ2n) is 4.15. The van der Waals surface area contributed by atoms with E-state index >= 15 is 0 Å². The van der Waals surface area contributed by atoms with Crippen LogP contribution in [-0.4, -0.2) is 33.3 Å². The van der Waals surface area contributed by atoms with Crippen LogP contribution in [0.25, 0.3) is 0 Å². The molecule has 20 heavy (non-hydrogen) atoms. The SMILES string of the molecule is CCOC(=O)CN(c1ccc(F)c(C)c1)S(=O)(=O)CC. The molecule has 1 aromatic rings. The van der Waals surface area contributed by atoms with Crippen LogP contribution in [0.2, 0.25) is 0 Å². The Hall–Kier alpha value is -1.63. The van der Waals surface area contributed by atoms with Crippen LogP contribution in [0.15, 0.2) is 18.2 Å². The highest BCUT2D eigenvalue weighted by Crippen LogP contribution is 2.21. The van der Waals surface area contributed by atoms with Crippen molar-refractivity contribution in [2.24, 2.45) is 0 Å². The topological polar surface area (TPSA) is 63.7 Å². The summed E-state index contributed by atoms with van der Waals surface area (Å²) in [4.78, 5) is 11.5. The normalized spacial score (nSPS) is 11.2. The third-order valence-corrected chi connectivity index (χ3v) is 4.45. The lowest BCUT2D eigenvalue weighted by Gasteiger charge is -2.23. The zero-order valence-corrected chi connectivity index (χ0v) is 12.5. The molecule has 1 rings (SSSR count). The summed E-state index contributed by atoms with van der Waals surface area (Å²) in [5.74, 6) is -1.24. The van der Waals surface area contributed by atoms with Crippen molar-refractivity contribution in [3.8, 4) is 0 Å². The highest BCUT2D eigenvalue weighted by Gasteiger charge is 2.24. The number of benzene rings is 1. The van der Waals surface area contributed by atoms with Gasteiger partial charge in [0.2, 0.25) is 10.0 Å². The van der Waals surface area contributed by atoms with E-state index in [1.165, 1.54) is 32.0 Å². The van der Waals surface area contributed by atoms with E-state index in [1.54, 1.807) is 6.92 Å². The monoisotopic (exact) mass is 303 g/mol. The number of anilines is 1. The fraction of sp³-hybridized carbons (Fsp3) is 0.462. The minimum absolute atomic E-state index is 0.164. The van der Waals surface area contributed by atoms with E-state index in [2.05, 4.69) is 0 Å². The van der Waals surface area contributed by atoms with Crippen molar-refractivity contribution in [3.63, 3.8) is 0 Å². The van der Waals surface area contributed by atoms with E-state index in [4.69, 9.17) is 4.74 Å². The summed E-state index contributed by atoms with van der Waals surface area (Å²) in [6, 6.07) is 3.89. The zero-order chi connectivity index (χ0) is 15.3. The Balaban J connectivity index is 3.16. The van der Waals surface area contributed by atoms with Crippen LogP contribution in [-0.2, 0) is 19.6 Å². The maximum Gasteiger partial charge on any atom is 0.326 e. The molecule has 7 heteroatoms. The zero-order valence-electron chi connectivity index (χ0n) is 11.7. The van der Waals surface area contributed by atoms with Crippen molar-refractivity contribution >= 4 is 21.7 Å². The standard InChI is InChI=1S/C13H18FNO4S/c1-4-19-13(16)9-15(20(17,18)5-2)11-6-7-12(14)10(3)8-11/h6-8H,4-5,9H2,1-3H3. The maximum atomic E-state index is 13.3. The predicted molar refractivity (Wildman–Crippen MR) is 74.6 cm³/mol. The van der Waals surface area contributed by atoms with Crippen molar-refractivity contribution in [3.05, 3.63) is 29.6 Å². The highest BCUT2D eigenvalue weighted by atomic mass is 32.2. The Labute approximate surface area is 118 Å². The van der Waals surface area contributed by atoms with Gasteiger partial charge in [0.1, 0.15) is 12.4 Å². The first kappa shape index (κ1) is 16.4. The minimum atomic E-state index is -3.65. The summed E-state index contributed by atoms with van der Waals surface area (Å²) in [6.45, 7) is 4.39. The average molecular weight is 303 g/mol. The Morgan fingerprint density at radius 2 is 2.00 bits per heavy atom. The van der Waals surface area contributed by atoms with E-state index < -0.39 is 28.4 Å². The van der Waals surface area contributed by atoms with Gasteiger partial charge in [-0.2, -0.15) is 0 Å². The Kier molecular flexibility index (Phi) is 5.50. The van der Waals surface area contributed by atoms with Gasteiger partial charge >= 0.3 is 5.97 Å². The number of aryl methyl sites for hydroxylation is 1. The molecule has 0 aliphatic heterocycles. The van der Waals surface area contributed by atoms with E-state index in [9.17, 15) is 17.6 Å². The second kappa shape index (κ2) is 6.69. The molecule has 0 amide bonds. The third-order valence-electron chi connectivity index (χ3n) is 2.71. The Morgan fingerprint density at radius 1 is 1.35 bits per heavy atom. The van der Waals surface area contributed by atoms with Crippen LogP contribution < -0.4 is 4.31 Å². The molecule has 0 N–H and O–H groups in total.